The van der Waals surface area contributed by atoms with Gasteiger partial charge in [0.2, 0.25) is 11.7 Å². The lowest BCUT2D eigenvalue weighted by Gasteiger charge is -2.26. The topological polar surface area (TPSA) is 103 Å². The molecule has 0 fully saturated rings. The Morgan fingerprint density at radius 1 is 1.06 bits per heavy atom. The Morgan fingerprint density at radius 3 is 2.52 bits per heavy atom. The first-order valence-corrected chi connectivity index (χ1v) is 11.0. The quantitative estimate of drug-likeness (QED) is 0.400. The van der Waals surface area contributed by atoms with Gasteiger partial charge in [-0.3, -0.25) is 9.59 Å². The molecule has 0 saturated carbocycles. The SMILES string of the molecule is COc1ccc([C@@H]2CC(=O)Nc3nc(SCc4ccccc4F)[nH]c(=O)c32)c(OC)c1OC. The fraction of sp³-hybridized carbons (Fsp3) is 0.261. The van der Waals surface area contributed by atoms with Crippen LogP contribution in [-0.2, 0) is 10.5 Å². The molecule has 2 N–H and O–H groups in total. The Labute approximate surface area is 193 Å². The van der Waals surface area contributed by atoms with Gasteiger partial charge >= 0.3 is 0 Å². The minimum absolute atomic E-state index is 0.0331. The number of ether oxygens (including phenoxy) is 3. The Kier molecular flexibility index (Phi) is 6.55. The Balaban J connectivity index is 1.74. The summed E-state index contributed by atoms with van der Waals surface area (Å²) < 4.78 is 30.3. The van der Waals surface area contributed by atoms with Crippen molar-refractivity contribution in [1.29, 1.82) is 0 Å². The number of hydrogen-bond donors (Lipinski definition) is 2. The minimum Gasteiger partial charge on any atom is -0.493 e. The molecule has 172 valence electrons. The number of aromatic nitrogens is 2. The molecule has 8 nitrogen and oxygen atoms in total. The number of halogens is 1. The molecule has 2 heterocycles. The average molecular weight is 472 g/mol. The summed E-state index contributed by atoms with van der Waals surface area (Å²) in [5, 5.41) is 2.96. The van der Waals surface area contributed by atoms with Crippen LogP contribution < -0.4 is 25.1 Å². The molecule has 10 heteroatoms. The highest BCUT2D eigenvalue weighted by Gasteiger charge is 2.34. The summed E-state index contributed by atoms with van der Waals surface area (Å²) in [5.74, 6) is 0.428. The normalized spacial score (nSPS) is 14.9. The van der Waals surface area contributed by atoms with E-state index in [0.29, 0.717) is 33.9 Å². The van der Waals surface area contributed by atoms with Crippen LogP contribution in [0.15, 0.2) is 46.3 Å². The molecule has 0 spiro atoms. The predicted octanol–water partition coefficient (Wildman–Crippen LogP) is 3.70. The highest BCUT2D eigenvalue weighted by Crippen LogP contribution is 2.46. The van der Waals surface area contributed by atoms with Crippen molar-refractivity contribution < 1.29 is 23.4 Å². The second-order valence-corrected chi connectivity index (χ2v) is 8.21. The summed E-state index contributed by atoms with van der Waals surface area (Å²) in [6.45, 7) is 0. The van der Waals surface area contributed by atoms with Gasteiger partial charge < -0.3 is 24.5 Å². The summed E-state index contributed by atoms with van der Waals surface area (Å²) >= 11 is 1.17. The Bertz CT molecular complexity index is 1260. The van der Waals surface area contributed by atoms with Crippen molar-refractivity contribution in [3.63, 3.8) is 0 Å². The zero-order valence-electron chi connectivity index (χ0n) is 18.2. The summed E-state index contributed by atoms with van der Waals surface area (Å²) in [7, 11) is 4.48. The van der Waals surface area contributed by atoms with Crippen LogP contribution in [0.2, 0.25) is 0 Å². The van der Waals surface area contributed by atoms with E-state index in [-0.39, 0.29) is 34.9 Å². The van der Waals surface area contributed by atoms with E-state index < -0.39 is 11.5 Å². The molecular formula is C23H22FN3O5S. The van der Waals surface area contributed by atoms with Crippen LogP contribution in [0.1, 0.15) is 29.0 Å². The van der Waals surface area contributed by atoms with E-state index in [9.17, 15) is 14.0 Å². The van der Waals surface area contributed by atoms with Gasteiger partial charge in [-0.2, -0.15) is 0 Å². The molecule has 0 saturated heterocycles. The van der Waals surface area contributed by atoms with Gasteiger partial charge in [0.25, 0.3) is 5.56 Å². The van der Waals surface area contributed by atoms with Crippen LogP contribution >= 0.6 is 11.8 Å². The van der Waals surface area contributed by atoms with Crippen LogP contribution in [0.25, 0.3) is 0 Å². The van der Waals surface area contributed by atoms with E-state index in [4.69, 9.17) is 14.2 Å². The molecule has 0 aliphatic carbocycles. The number of nitrogens with one attached hydrogen (secondary N) is 2. The largest absolute Gasteiger partial charge is 0.493 e. The summed E-state index contributed by atoms with van der Waals surface area (Å²) in [5.41, 5.74) is 1.01. The number of aromatic amines is 1. The van der Waals surface area contributed by atoms with Crippen LogP contribution in [0.3, 0.4) is 0 Å². The number of H-pyrrole nitrogens is 1. The van der Waals surface area contributed by atoms with E-state index in [1.165, 1.54) is 39.2 Å². The molecule has 4 rings (SSSR count). The molecule has 1 aliphatic rings. The first-order valence-electron chi connectivity index (χ1n) is 10.1. The van der Waals surface area contributed by atoms with Crippen LogP contribution in [0.5, 0.6) is 17.2 Å². The number of amides is 1. The number of benzene rings is 2. The lowest BCUT2D eigenvalue weighted by atomic mass is 9.86. The number of carbonyl (C=O) groups is 1. The van der Waals surface area contributed by atoms with Gasteiger partial charge in [0.05, 0.1) is 26.9 Å². The molecule has 0 bridgehead atoms. The maximum Gasteiger partial charge on any atom is 0.257 e. The molecular weight excluding hydrogens is 449 g/mol. The van der Waals surface area contributed by atoms with Gasteiger partial charge in [-0.05, 0) is 17.7 Å². The van der Waals surface area contributed by atoms with Crippen molar-refractivity contribution in [1.82, 2.24) is 9.97 Å². The second kappa shape index (κ2) is 9.53. The number of hydrogen-bond acceptors (Lipinski definition) is 7. The van der Waals surface area contributed by atoms with E-state index in [0.717, 1.165) is 0 Å². The number of fused-ring (bicyclic) bond motifs is 1. The first-order chi connectivity index (χ1) is 16.0. The molecule has 1 aromatic heterocycles. The number of rotatable bonds is 7. The lowest BCUT2D eigenvalue weighted by Crippen LogP contribution is -2.31. The first kappa shape index (κ1) is 22.7. The lowest BCUT2D eigenvalue weighted by molar-refractivity contribution is -0.116. The highest BCUT2D eigenvalue weighted by molar-refractivity contribution is 7.98. The minimum atomic E-state index is -0.606. The van der Waals surface area contributed by atoms with Crippen molar-refractivity contribution in [2.45, 2.75) is 23.2 Å². The molecule has 0 unspecified atom stereocenters. The predicted molar refractivity (Wildman–Crippen MR) is 122 cm³/mol. The van der Waals surface area contributed by atoms with E-state index in [1.54, 1.807) is 30.3 Å². The van der Waals surface area contributed by atoms with Crippen LogP contribution in [-0.4, -0.2) is 37.2 Å². The van der Waals surface area contributed by atoms with Gasteiger partial charge in [0.15, 0.2) is 16.7 Å². The third-order valence-electron chi connectivity index (χ3n) is 5.36. The summed E-state index contributed by atoms with van der Waals surface area (Å²) in [4.78, 5) is 32.8. The van der Waals surface area contributed by atoms with Gasteiger partial charge in [0.1, 0.15) is 11.6 Å². The third-order valence-corrected chi connectivity index (χ3v) is 6.28. The molecule has 0 radical (unpaired) electrons. The van der Waals surface area contributed by atoms with Gasteiger partial charge in [-0.1, -0.05) is 36.0 Å². The fourth-order valence-electron chi connectivity index (χ4n) is 3.85. The van der Waals surface area contributed by atoms with Crippen molar-refractivity contribution >= 4 is 23.5 Å². The standard InChI is InChI=1S/C23H22FN3O5S/c1-30-16-9-8-13(19(31-2)20(16)32-3)14-10-17(28)25-21-18(14)22(29)27-23(26-21)33-11-12-6-4-5-7-15(12)24/h4-9,14H,10-11H2,1-3H3,(H2,25,26,27,28,29)/t14-/m0/s1. The maximum absolute atomic E-state index is 13.9. The maximum atomic E-state index is 13.9. The van der Waals surface area contributed by atoms with Crippen molar-refractivity contribution in [2.75, 3.05) is 26.6 Å². The summed E-state index contributed by atoms with van der Waals surface area (Å²) in [6.07, 6.45) is 0.0331. The Morgan fingerprint density at radius 2 is 1.82 bits per heavy atom. The molecule has 3 aromatic rings. The fourth-order valence-corrected chi connectivity index (χ4v) is 4.69. The number of nitrogens with zero attached hydrogens (tertiary/aromatic N) is 1. The second-order valence-electron chi connectivity index (χ2n) is 7.24. The van der Waals surface area contributed by atoms with E-state index in [2.05, 4.69) is 15.3 Å². The molecule has 1 aliphatic heterocycles. The monoisotopic (exact) mass is 471 g/mol. The third kappa shape index (κ3) is 4.38. The van der Waals surface area contributed by atoms with Crippen molar-refractivity contribution in [3.8, 4) is 17.2 Å². The van der Waals surface area contributed by atoms with Gasteiger partial charge in [0, 0.05) is 23.7 Å². The Hall–Kier alpha value is -3.53. The number of methoxy groups -OCH3 is 3. The number of thioether (sulfide) groups is 1. The van der Waals surface area contributed by atoms with E-state index >= 15 is 0 Å². The van der Waals surface area contributed by atoms with Crippen molar-refractivity contribution in [3.05, 3.63) is 69.3 Å². The molecule has 1 atom stereocenters. The van der Waals surface area contributed by atoms with Gasteiger partial charge in [-0.15, -0.1) is 0 Å². The molecule has 33 heavy (non-hydrogen) atoms. The highest BCUT2D eigenvalue weighted by atomic mass is 32.2. The average Bonchev–Trinajstić information content (AvgIpc) is 2.81. The number of anilines is 1. The van der Waals surface area contributed by atoms with E-state index in [1.807, 2.05) is 0 Å². The summed E-state index contributed by atoms with van der Waals surface area (Å²) in [6, 6.07) is 9.83. The van der Waals surface area contributed by atoms with Gasteiger partial charge in [-0.25, -0.2) is 9.37 Å². The zero-order valence-corrected chi connectivity index (χ0v) is 19.0. The van der Waals surface area contributed by atoms with Crippen LogP contribution in [0, 0.1) is 5.82 Å². The van der Waals surface area contributed by atoms with Crippen molar-refractivity contribution in [2.24, 2.45) is 0 Å². The molecule has 2 aromatic carbocycles. The molecule has 1 amide bonds. The number of carbonyl (C=O) groups excluding carboxylic acids is 1. The zero-order chi connectivity index (χ0) is 23.5. The smallest absolute Gasteiger partial charge is 0.257 e. The van der Waals surface area contributed by atoms with Crippen LogP contribution in [0.4, 0.5) is 10.2 Å².